The number of anilines is 1. The van der Waals surface area contributed by atoms with Crippen molar-refractivity contribution in [3.63, 3.8) is 0 Å². The van der Waals surface area contributed by atoms with Crippen molar-refractivity contribution < 1.29 is 26.4 Å². The van der Waals surface area contributed by atoms with E-state index < -0.39 is 32.5 Å². The van der Waals surface area contributed by atoms with E-state index in [1.807, 2.05) is 0 Å². The number of ether oxygens (including phenoxy) is 1. The molecule has 0 fully saturated rings. The predicted octanol–water partition coefficient (Wildman–Crippen LogP) is 2.33. The van der Waals surface area contributed by atoms with Crippen LogP contribution in [0.5, 0.6) is 5.75 Å². The van der Waals surface area contributed by atoms with E-state index in [4.69, 9.17) is 4.74 Å². The minimum atomic E-state index is -3.96. The van der Waals surface area contributed by atoms with Crippen LogP contribution in [0.2, 0.25) is 0 Å². The Morgan fingerprint density at radius 1 is 0.771 bits per heavy atom. The molecule has 0 bridgehead atoms. The monoisotopic (exact) mass is 517 g/mol. The topological polar surface area (TPSA) is 113 Å². The van der Waals surface area contributed by atoms with Gasteiger partial charge in [-0.25, -0.2) is 21.1 Å². The third-order valence-corrected chi connectivity index (χ3v) is 8.58. The maximum absolute atomic E-state index is 13.2. The smallest absolute Gasteiger partial charge is 0.264 e. The molecule has 0 aromatic heterocycles. The van der Waals surface area contributed by atoms with Crippen LogP contribution >= 0.6 is 0 Å². The summed E-state index contributed by atoms with van der Waals surface area (Å²) in [6.45, 7) is -0.161. The molecule has 1 amide bonds. The number of benzene rings is 3. The van der Waals surface area contributed by atoms with Gasteiger partial charge in [-0.05, 0) is 48.5 Å². The zero-order valence-electron chi connectivity index (χ0n) is 19.4. The number of nitrogens with one attached hydrogen (secondary N) is 1. The quantitative estimate of drug-likeness (QED) is 0.391. The molecule has 3 rings (SSSR count). The Balaban J connectivity index is 1.60. The van der Waals surface area contributed by atoms with Crippen LogP contribution in [0.3, 0.4) is 0 Å². The third-order valence-electron chi connectivity index (χ3n) is 4.96. The molecule has 0 aliphatic heterocycles. The summed E-state index contributed by atoms with van der Waals surface area (Å²) in [5.74, 6) is -0.0566. The number of rotatable bonds is 11. The molecule has 9 nitrogen and oxygen atoms in total. The number of nitrogens with zero attached hydrogens (tertiary/aromatic N) is 2. The van der Waals surface area contributed by atoms with Gasteiger partial charge in [-0.2, -0.15) is 0 Å². The Morgan fingerprint density at radius 2 is 1.31 bits per heavy atom. The Labute approximate surface area is 206 Å². The largest absolute Gasteiger partial charge is 0.492 e. The highest BCUT2D eigenvalue weighted by molar-refractivity contribution is 7.92. The molecular formula is C24H27N3O6S2. The molecule has 0 spiro atoms. The molecule has 0 unspecified atom stereocenters. The fourth-order valence-electron chi connectivity index (χ4n) is 3.09. The molecule has 0 aliphatic carbocycles. The summed E-state index contributed by atoms with van der Waals surface area (Å²) in [6.07, 6.45) is 0. The van der Waals surface area contributed by atoms with Gasteiger partial charge in [0, 0.05) is 14.1 Å². The molecule has 3 aromatic rings. The number of para-hydroxylation sites is 1. The summed E-state index contributed by atoms with van der Waals surface area (Å²) < 4.78 is 58.4. The molecule has 3 aromatic carbocycles. The third kappa shape index (κ3) is 6.59. The van der Waals surface area contributed by atoms with Crippen molar-refractivity contribution in [1.82, 2.24) is 9.62 Å². The van der Waals surface area contributed by atoms with Crippen LogP contribution in [-0.2, 0) is 24.8 Å². The van der Waals surface area contributed by atoms with E-state index in [9.17, 15) is 21.6 Å². The van der Waals surface area contributed by atoms with E-state index in [-0.39, 0.29) is 22.9 Å². The van der Waals surface area contributed by atoms with Gasteiger partial charge in [-0.3, -0.25) is 9.10 Å². The van der Waals surface area contributed by atoms with Gasteiger partial charge in [0.15, 0.2) is 0 Å². The van der Waals surface area contributed by atoms with E-state index in [1.54, 1.807) is 48.5 Å². The summed E-state index contributed by atoms with van der Waals surface area (Å²) in [5.41, 5.74) is 0.371. The maximum Gasteiger partial charge on any atom is 0.264 e. The SMILES string of the molecule is CN(C)S(=O)(=O)c1ccc(OCCNC(=O)CN(c2ccccc2)S(=O)(=O)c2ccccc2)cc1. The summed E-state index contributed by atoms with van der Waals surface area (Å²) in [6, 6.07) is 22.3. The van der Waals surface area contributed by atoms with Gasteiger partial charge in [0.05, 0.1) is 22.0 Å². The van der Waals surface area contributed by atoms with Gasteiger partial charge in [0.2, 0.25) is 15.9 Å². The van der Waals surface area contributed by atoms with Gasteiger partial charge >= 0.3 is 0 Å². The molecule has 0 atom stereocenters. The second kappa shape index (κ2) is 11.3. The van der Waals surface area contributed by atoms with Crippen molar-refractivity contribution in [2.75, 3.05) is 38.1 Å². The number of sulfonamides is 2. The minimum Gasteiger partial charge on any atom is -0.492 e. The van der Waals surface area contributed by atoms with Crippen LogP contribution in [0.4, 0.5) is 5.69 Å². The first kappa shape index (κ1) is 26.2. The molecule has 0 aliphatic rings. The number of amides is 1. The highest BCUT2D eigenvalue weighted by atomic mass is 32.2. The van der Waals surface area contributed by atoms with Gasteiger partial charge in [0.1, 0.15) is 18.9 Å². The molecule has 0 saturated heterocycles. The number of hydrogen-bond acceptors (Lipinski definition) is 6. The summed E-state index contributed by atoms with van der Waals surface area (Å²) in [4.78, 5) is 12.8. The van der Waals surface area contributed by atoms with E-state index in [2.05, 4.69) is 5.32 Å². The Hall–Kier alpha value is -3.41. The van der Waals surface area contributed by atoms with Crippen LogP contribution in [0, 0.1) is 0 Å². The number of hydrogen-bond donors (Lipinski definition) is 1. The summed E-state index contributed by atoms with van der Waals surface area (Å²) >= 11 is 0. The number of carbonyl (C=O) groups excluding carboxylic acids is 1. The van der Waals surface area contributed by atoms with Crippen LogP contribution in [-0.4, -0.2) is 60.8 Å². The zero-order valence-corrected chi connectivity index (χ0v) is 21.0. The first-order chi connectivity index (χ1) is 16.6. The van der Waals surface area contributed by atoms with Crippen molar-refractivity contribution in [1.29, 1.82) is 0 Å². The van der Waals surface area contributed by atoms with E-state index in [0.29, 0.717) is 11.4 Å². The first-order valence-corrected chi connectivity index (χ1v) is 13.6. The van der Waals surface area contributed by atoms with Gasteiger partial charge in [0.25, 0.3) is 10.0 Å². The van der Waals surface area contributed by atoms with Crippen molar-refractivity contribution in [2.45, 2.75) is 9.79 Å². The minimum absolute atomic E-state index is 0.0831. The molecule has 186 valence electrons. The molecule has 35 heavy (non-hydrogen) atoms. The summed E-state index contributed by atoms with van der Waals surface area (Å²) in [7, 11) is -4.58. The maximum atomic E-state index is 13.2. The lowest BCUT2D eigenvalue weighted by Gasteiger charge is -2.24. The second-order valence-electron chi connectivity index (χ2n) is 7.62. The van der Waals surface area contributed by atoms with Crippen molar-refractivity contribution in [2.24, 2.45) is 0 Å². The molecule has 0 saturated carbocycles. The lowest BCUT2D eigenvalue weighted by Crippen LogP contribution is -2.41. The molecule has 1 N–H and O–H groups in total. The Morgan fingerprint density at radius 3 is 1.89 bits per heavy atom. The van der Waals surface area contributed by atoms with Crippen LogP contribution in [0.25, 0.3) is 0 Å². The summed E-state index contributed by atoms with van der Waals surface area (Å²) in [5, 5.41) is 2.65. The van der Waals surface area contributed by atoms with Crippen molar-refractivity contribution >= 4 is 31.6 Å². The van der Waals surface area contributed by atoms with E-state index in [1.165, 1.54) is 50.5 Å². The fourth-order valence-corrected chi connectivity index (χ4v) is 5.44. The lowest BCUT2D eigenvalue weighted by molar-refractivity contribution is -0.119. The standard InChI is InChI=1S/C24H27N3O6S2/c1-26(2)34(29,30)23-15-13-21(14-16-23)33-18-17-25-24(28)19-27(20-9-5-3-6-10-20)35(31,32)22-11-7-4-8-12-22/h3-16H,17-19H2,1-2H3,(H,25,28). The van der Waals surface area contributed by atoms with E-state index in [0.717, 1.165) is 8.61 Å². The Kier molecular flexibility index (Phi) is 8.49. The van der Waals surface area contributed by atoms with Crippen molar-refractivity contribution in [3.05, 3.63) is 84.9 Å². The number of carbonyl (C=O) groups is 1. The molecule has 0 heterocycles. The van der Waals surface area contributed by atoms with Crippen LogP contribution in [0.1, 0.15) is 0 Å². The first-order valence-electron chi connectivity index (χ1n) is 10.7. The lowest BCUT2D eigenvalue weighted by atomic mass is 10.3. The normalized spacial score (nSPS) is 11.7. The van der Waals surface area contributed by atoms with Crippen LogP contribution < -0.4 is 14.4 Å². The predicted molar refractivity (Wildman–Crippen MR) is 133 cm³/mol. The average Bonchev–Trinajstić information content (AvgIpc) is 2.86. The highest BCUT2D eigenvalue weighted by Gasteiger charge is 2.26. The fraction of sp³-hybridized carbons (Fsp3) is 0.208. The molecule has 11 heteroatoms. The van der Waals surface area contributed by atoms with Crippen molar-refractivity contribution in [3.8, 4) is 5.75 Å². The second-order valence-corrected chi connectivity index (χ2v) is 11.6. The van der Waals surface area contributed by atoms with Gasteiger partial charge in [-0.1, -0.05) is 36.4 Å². The van der Waals surface area contributed by atoms with Gasteiger partial charge in [-0.15, -0.1) is 0 Å². The average molecular weight is 518 g/mol. The van der Waals surface area contributed by atoms with E-state index >= 15 is 0 Å². The van der Waals surface area contributed by atoms with Gasteiger partial charge < -0.3 is 10.1 Å². The van der Waals surface area contributed by atoms with Crippen LogP contribution in [0.15, 0.2) is 94.7 Å². The zero-order chi connectivity index (χ0) is 25.5. The highest BCUT2D eigenvalue weighted by Crippen LogP contribution is 2.23. The molecular weight excluding hydrogens is 490 g/mol. The Bertz CT molecular complexity index is 1330. The molecule has 0 radical (unpaired) electrons.